The molecule has 0 saturated carbocycles. The molecule has 104 valence electrons. The second-order valence-corrected chi connectivity index (χ2v) is 4.97. The maximum Gasteiger partial charge on any atom is 0.373 e. The molecular formula is C12H11IN4O3. The number of anilines is 1. The summed E-state index contributed by atoms with van der Waals surface area (Å²) in [6.45, 7) is 2.34. The normalized spacial score (nSPS) is 10.1. The molecule has 0 aliphatic carbocycles. The zero-order valence-corrected chi connectivity index (χ0v) is 12.7. The van der Waals surface area contributed by atoms with Gasteiger partial charge in [-0.25, -0.2) is 4.98 Å². The van der Waals surface area contributed by atoms with Crippen molar-refractivity contribution >= 4 is 34.1 Å². The van der Waals surface area contributed by atoms with Crippen molar-refractivity contribution in [1.29, 1.82) is 0 Å². The lowest BCUT2D eigenvalue weighted by atomic mass is 10.3. The van der Waals surface area contributed by atoms with E-state index in [4.69, 9.17) is 4.74 Å². The van der Waals surface area contributed by atoms with Gasteiger partial charge < -0.3 is 10.1 Å². The highest BCUT2D eigenvalue weighted by Crippen LogP contribution is 2.33. The molecule has 0 bridgehead atoms. The summed E-state index contributed by atoms with van der Waals surface area (Å²) >= 11 is 2.16. The molecule has 0 aliphatic heterocycles. The lowest BCUT2D eigenvalue weighted by Crippen LogP contribution is -2.06. The van der Waals surface area contributed by atoms with Gasteiger partial charge in [0.05, 0.1) is 4.92 Å². The maximum absolute atomic E-state index is 11.2. The highest BCUT2D eigenvalue weighted by atomic mass is 127. The third-order valence-corrected chi connectivity index (χ3v) is 3.06. The summed E-state index contributed by atoms with van der Waals surface area (Å²) in [5, 5.41) is 14.0. The van der Waals surface area contributed by atoms with Crippen molar-refractivity contribution in [3.05, 3.63) is 44.3 Å². The molecule has 7 nitrogen and oxygen atoms in total. The van der Waals surface area contributed by atoms with E-state index in [0.29, 0.717) is 12.3 Å². The Balaban J connectivity index is 2.37. The van der Waals surface area contributed by atoms with Crippen LogP contribution in [0.5, 0.6) is 11.6 Å². The fraction of sp³-hybridized carbons (Fsp3) is 0.167. The quantitative estimate of drug-likeness (QED) is 0.482. The van der Waals surface area contributed by atoms with Crippen LogP contribution in [0.25, 0.3) is 0 Å². The predicted octanol–water partition coefficient (Wildman–Crippen LogP) is 3.21. The fourth-order valence-electron chi connectivity index (χ4n) is 1.51. The smallest absolute Gasteiger partial charge is 0.373 e. The summed E-state index contributed by atoms with van der Waals surface area (Å²) in [6, 6.07) is 7.13. The van der Waals surface area contributed by atoms with Crippen LogP contribution in [0.15, 0.2) is 30.6 Å². The summed E-state index contributed by atoms with van der Waals surface area (Å²) in [6.07, 6.45) is 1.23. The summed E-state index contributed by atoms with van der Waals surface area (Å²) < 4.78 is 6.52. The van der Waals surface area contributed by atoms with Crippen LogP contribution in [-0.2, 0) is 0 Å². The SMILES string of the molecule is CCNc1ncnc(Oc2ccc(I)cc2)c1[N+](=O)[O-]. The van der Waals surface area contributed by atoms with E-state index in [1.54, 1.807) is 12.1 Å². The molecule has 2 rings (SSSR count). The molecule has 2 aromatic rings. The number of hydrogen-bond acceptors (Lipinski definition) is 6. The van der Waals surface area contributed by atoms with Crippen LogP contribution >= 0.6 is 22.6 Å². The van der Waals surface area contributed by atoms with Crippen molar-refractivity contribution in [2.75, 3.05) is 11.9 Å². The largest absolute Gasteiger partial charge is 0.434 e. The monoisotopic (exact) mass is 386 g/mol. The molecule has 0 aliphatic rings. The lowest BCUT2D eigenvalue weighted by molar-refractivity contribution is -0.385. The van der Waals surface area contributed by atoms with E-state index < -0.39 is 4.92 Å². The number of nitrogens with zero attached hydrogens (tertiary/aromatic N) is 3. The molecule has 1 heterocycles. The zero-order chi connectivity index (χ0) is 14.5. The molecule has 0 amide bonds. The average Bonchev–Trinajstić information content (AvgIpc) is 2.41. The minimum absolute atomic E-state index is 0.0813. The van der Waals surface area contributed by atoms with Crippen LogP contribution < -0.4 is 10.1 Å². The van der Waals surface area contributed by atoms with Gasteiger partial charge in [0.25, 0.3) is 0 Å². The molecule has 1 aromatic carbocycles. The number of rotatable bonds is 5. The fourth-order valence-corrected chi connectivity index (χ4v) is 1.87. The molecule has 20 heavy (non-hydrogen) atoms. The zero-order valence-electron chi connectivity index (χ0n) is 10.5. The molecule has 8 heteroatoms. The summed E-state index contributed by atoms with van der Waals surface area (Å²) in [5.74, 6) is 0.546. The molecular weight excluding hydrogens is 375 g/mol. The first-order chi connectivity index (χ1) is 9.61. The number of nitrogens with one attached hydrogen (secondary N) is 1. The molecule has 0 spiro atoms. The van der Waals surface area contributed by atoms with Crippen molar-refractivity contribution in [3.63, 3.8) is 0 Å². The number of aromatic nitrogens is 2. The number of benzene rings is 1. The van der Waals surface area contributed by atoms with Gasteiger partial charge in [-0.2, -0.15) is 4.98 Å². The van der Waals surface area contributed by atoms with E-state index in [0.717, 1.165) is 3.57 Å². The van der Waals surface area contributed by atoms with Crippen LogP contribution in [0.1, 0.15) is 6.92 Å². The van der Waals surface area contributed by atoms with E-state index in [9.17, 15) is 10.1 Å². The van der Waals surface area contributed by atoms with E-state index >= 15 is 0 Å². The van der Waals surface area contributed by atoms with E-state index in [1.165, 1.54) is 6.33 Å². The lowest BCUT2D eigenvalue weighted by Gasteiger charge is -2.08. The van der Waals surface area contributed by atoms with Crippen molar-refractivity contribution in [2.45, 2.75) is 6.92 Å². The molecule has 0 radical (unpaired) electrons. The molecule has 0 saturated heterocycles. The van der Waals surface area contributed by atoms with E-state index in [2.05, 4.69) is 37.9 Å². The Morgan fingerprint density at radius 1 is 1.35 bits per heavy atom. The Morgan fingerprint density at radius 2 is 2.05 bits per heavy atom. The van der Waals surface area contributed by atoms with Gasteiger partial charge in [0.2, 0.25) is 5.82 Å². The molecule has 1 aromatic heterocycles. The van der Waals surface area contributed by atoms with Gasteiger partial charge >= 0.3 is 11.6 Å². The van der Waals surface area contributed by atoms with Crippen LogP contribution in [0, 0.1) is 13.7 Å². The summed E-state index contributed by atoms with van der Waals surface area (Å²) in [5.41, 5.74) is -0.270. The Bertz CT molecular complexity index is 619. The topological polar surface area (TPSA) is 90.2 Å². The summed E-state index contributed by atoms with van der Waals surface area (Å²) in [7, 11) is 0. The van der Waals surface area contributed by atoms with Gasteiger partial charge in [-0.05, 0) is 53.8 Å². The number of nitro groups is 1. The first-order valence-electron chi connectivity index (χ1n) is 5.78. The number of hydrogen-bond donors (Lipinski definition) is 1. The Morgan fingerprint density at radius 3 is 2.65 bits per heavy atom. The molecule has 0 atom stereocenters. The first kappa shape index (κ1) is 14.4. The molecule has 1 N–H and O–H groups in total. The maximum atomic E-state index is 11.2. The second-order valence-electron chi connectivity index (χ2n) is 3.72. The van der Waals surface area contributed by atoms with Crippen molar-refractivity contribution in [3.8, 4) is 11.6 Å². The number of ether oxygens (including phenoxy) is 1. The number of halogens is 1. The van der Waals surface area contributed by atoms with E-state index in [-0.39, 0.29) is 17.4 Å². The summed E-state index contributed by atoms with van der Waals surface area (Å²) in [4.78, 5) is 18.3. The standard InChI is InChI=1S/C12H11IN4O3/c1-2-14-11-10(17(18)19)12(16-7-15-11)20-9-5-3-8(13)4-6-9/h3-7H,2H2,1H3,(H,14,15,16). The molecule has 0 fully saturated rings. The third kappa shape index (κ3) is 3.32. The van der Waals surface area contributed by atoms with Gasteiger partial charge in [-0.3, -0.25) is 10.1 Å². The third-order valence-electron chi connectivity index (χ3n) is 2.34. The highest BCUT2D eigenvalue weighted by Gasteiger charge is 2.24. The average molecular weight is 386 g/mol. The van der Waals surface area contributed by atoms with Crippen LogP contribution in [0.3, 0.4) is 0 Å². The highest BCUT2D eigenvalue weighted by molar-refractivity contribution is 14.1. The van der Waals surface area contributed by atoms with Crippen LogP contribution in [0.2, 0.25) is 0 Å². The Labute approximate surface area is 128 Å². The van der Waals surface area contributed by atoms with Crippen molar-refractivity contribution < 1.29 is 9.66 Å². The van der Waals surface area contributed by atoms with Gasteiger partial charge in [-0.15, -0.1) is 0 Å². The first-order valence-corrected chi connectivity index (χ1v) is 6.86. The van der Waals surface area contributed by atoms with Gasteiger partial charge in [0.15, 0.2) is 0 Å². The van der Waals surface area contributed by atoms with Gasteiger partial charge in [0, 0.05) is 10.1 Å². The second kappa shape index (κ2) is 6.46. The van der Waals surface area contributed by atoms with Crippen molar-refractivity contribution in [2.24, 2.45) is 0 Å². The Hall–Kier alpha value is -1.97. The van der Waals surface area contributed by atoms with Gasteiger partial charge in [-0.1, -0.05) is 0 Å². The van der Waals surface area contributed by atoms with Crippen molar-refractivity contribution in [1.82, 2.24) is 9.97 Å². The molecule has 0 unspecified atom stereocenters. The van der Waals surface area contributed by atoms with E-state index in [1.807, 2.05) is 19.1 Å². The van der Waals surface area contributed by atoms with Crippen LogP contribution in [0.4, 0.5) is 11.5 Å². The minimum atomic E-state index is -0.556. The predicted molar refractivity (Wildman–Crippen MR) is 82.1 cm³/mol. The van der Waals surface area contributed by atoms with Crippen LogP contribution in [-0.4, -0.2) is 21.4 Å². The Kier molecular flexibility index (Phi) is 4.66. The van der Waals surface area contributed by atoms with Gasteiger partial charge in [0.1, 0.15) is 12.1 Å². The minimum Gasteiger partial charge on any atom is -0.434 e.